The number of hydrogen-bond donors (Lipinski definition) is 1. The van der Waals surface area contributed by atoms with Crippen LogP contribution in [0.4, 0.5) is 5.00 Å². The lowest BCUT2D eigenvalue weighted by molar-refractivity contribution is 0.0526. The molecule has 29 heavy (non-hydrogen) atoms. The van der Waals surface area contributed by atoms with Crippen LogP contribution < -0.4 is 5.32 Å². The van der Waals surface area contributed by atoms with Crippen LogP contribution in [0.3, 0.4) is 0 Å². The Bertz CT molecular complexity index is 996. The number of benzene rings is 1. The van der Waals surface area contributed by atoms with Gasteiger partial charge in [-0.3, -0.25) is 9.69 Å². The third-order valence-corrected chi connectivity index (χ3v) is 5.97. The molecule has 7 heteroatoms. The fourth-order valence-corrected chi connectivity index (χ4v) is 4.79. The van der Waals surface area contributed by atoms with E-state index in [1.54, 1.807) is 19.1 Å². The molecule has 0 aliphatic carbocycles. The average molecular weight is 410 g/mol. The number of fused-ring (bicyclic) bond motifs is 1. The number of carbonyl (C=O) groups excluding carboxylic acids is 2. The first kappa shape index (κ1) is 19.4. The first-order chi connectivity index (χ1) is 14.2. The summed E-state index contributed by atoms with van der Waals surface area (Å²) in [5, 5.41) is 3.36. The zero-order chi connectivity index (χ0) is 20.2. The Morgan fingerprint density at radius 1 is 1.21 bits per heavy atom. The number of nitrogens with one attached hydrogen (secondary N) is 1. The third-order valence-electron chi connectivity index (χ3n) is 4.84. The fourth-order valence-electron chi connectivity index (χ4n) is 3.51. The van der Waals surface area contributed by atoms with E-state index in [0.717, 1.165) is 36.5 Å². The smallest absolute Gasteiger partial charge is 0.341 e. The summed E-state index contributed by atoms with van der Waals surface area (Å²) >= 11 is 1.44. The Kier molecular flexibility index (Phi) is 5.78. The summed E-state index contributed by atoms with van der Waals surface area (Å²) in [6.07, 6.45) is 2.19. The van der Waals surface area contributed by atoms with E-state index in [2.05, 4.69) is 22.3 Å². The minimum atomic E-state index is -0.392. The summed E-state index contributed by atoms with van der Waals surface area (Å²) in [4.78, 5) is 28.5. The van der Waals surface area contributed by atoms with Crippen LogP contribution in [0.1, 0.15) is 43.8 Å². The van der Waals surface area contributed by atoms with Crippen molar-refractivity contribution < 1.29 is 18.7 Å². The molecular formula is C22H22N2O4S. The molecule has 6 nitrogen and oxygen atoms in total. The lowest BCUT2D eigenvalue weighted by Crippen LogP contribution is -2.29. The van der Waals surface area contributed by atoms with Crippen molar-refractivity contribution in [3.63, 3.8) is 0 Å². The number of rotatable bonds is 6. The summed E-state index contributed by atoms with van der Waals surface area (Å²) in [6, 6.07) is 13.6. The molecular weight excluding hydrogens is 388 g/mol. The van der Waals surface area contributed by atoms with Gasteiger partial charge >= 0.3 is 5.97 Å². The van der Waals surface area contributed by atoms with Crippen LogP contribution in [0.2, 0.25) is 0 Å². The highest BCUT2D eigenvalue weighted by atomic mass is 32.1. The number of carbonyl (C=O) groups is 2. The molecule has 4 rings (SSSR count). The van der Waals surface area contributed by atoms with Crippen molar-refractivity contribution in [2.45, 2.75) is 26.4 Å². The van der Waals surface area contributed by atoms with Crippen LogP contribution in [0.5, 0.6) is 0 Å². The fraction of sp³-hybridized carbons (Fsp3) is 0.273. The zero-order valence-corrected chi connectivity index (χ0v) is 17.0. The van der Waals surface area contributed by atoms with Crippen LogP contribution in [-0.4, -0.2) is 29.9 Å². The highest BCUT2D eigenvalue weighted by molar-refractivity contribution is 7.17. The Labute approximate surface area is 173 Å². The maximum Gasteiger partial charge on any atom is 0.341 e. The SMILES string of the molecule is CCOC(=O)c1c(NC(=O)c2ccco2)sc2c1CCN(Cc1ccccc1)C2. The molecule has 0 spiro atoms. The molecule has 0 radical (unpaired) electrons. The standard InChI is InChI=1S/C22H22N2O4S/c1-2-27-22(26)19-16-10-11-24(13-15-7-4-3-5-8-15)14-18(16)29-21(19)23-20(25)17-9-6-12-28-17/h3-9,12H,2,10-11,13-14H2,1H3,(H,23,25). The van der Waals surface area contributed by atoms with E-state index in [9.17, 15) is 9.59 Å². The number of furan rings is 1. The van der Waals surface area contributed by atoms with Gasteiger partial charge in [-0.15, -0.1) is 11.3 Å². The predicted octanol–water partition coefficient (Wildman–Crippen LogP) is 4.33. The minimum Gasteiger partial charge on any atom is -0.462 e. The molecule has 3 aromatic rings. The number of ether oxygens (including phenoxy) is 1. The van der Waals surface area contributed by atoms with Gasteiger partial charge in [0.1, 0.15) is 5.00 Å². The Morgan fingerprint density at radius 2 is 2.03 bits per heavy atom. The average Bonchev–Trinajstić information content (AvgIpc) is 3.36. The van der Waals surface area contributed by atoms with Crippen molar-refractivity contribution in [3.05, 3.63) is 76.1 Å². The largest absolute Gasteiger partial charge is 0.462 e. The van der Waals surface area contributed by atoms with Gasteiger partial charge in [0.15, 0.2) is 5.76 Å². The van der Waals surface area contributed by atoms with Crippen molar-refractivity contribution in [1.29, 1.82) is 0 Å². The molecule has 0 saturated carbocycles. The van der Waals surface area contributed by atoms with Gasteiger partial charge in [-0.2, -0.15) is 0 Å². The molecule has 2 aromatic heterocycles. The van der Waals surface area contributed by atoms with Crippen molar-refractivity contribution in [1.82, 2.24) is 4.90 Å². The number of thiophene rings is 1. The van der Waals surface area contributed by atoms with Crippen molar-refractivity contribution in [2.75, 3.05) is 18.5 Å². The Hall–Kier alpha value is -2.90. The Morgan fingerprint density at radius 3 is 2.76 bits per heavy atom. The van der Waals surface area contributed by atoms with E-state index in [0.29, 0.717) is 10.6 Å². The van der Waals surface area contributed by atoms with Crippen LogP contribution in [0.15, 0.2) is 53.1 Å². The van der Waals surface area contributed by atoms with Gasteiger partial charge < -0.3 is 14.5 Å². The van der Waals surface area contributed by atoms with E-state index >= 15 is 0 Å². The van der Waals surface area contributed by atoms with Crippen molar-refractivity contribution in [3.8, 4) is 0 Å². The summed E-state index contributed by atoms with van der Waals surface area (Å²) in [7, 11) is 0. The van der Waals surface area contributed by atoms with Crippen LogP contribution in [0.25, 0.3) is 0 Å². The van der Waals surface area contributed by atoms with Gasteiger partial charge in [-0.1, -0.05) is 30.3 Å². The van der Waals surface area contributed by atoms with Gasteiger partial charge in [-0.05, 0) is 36.6 Å². The summed E-state index contributed by atoms with van der Waals surface area (Å²) in [6.45, 7) is 4.49. The molecule has 0 atom stereocenters. The number of hydrogen-bond acceptors (Lipinski definition) is 6. The molecule has 0 fully saturated rings. The third kappa shape index (κ3) is 4.26. The molecule has 0 bridgehead atoms. The Balaban J connectivity index is 1.59. The van der Waals surface area contributed by atoms with Gasteiger partial charge in [0.2, 0.25) is 0 Å². The predicted molar refractivity (Wildman–Crippen MR) is 111 cm³/mol. The van der Waals surface area contributed by atoms with Gasteiger partial charge in [0.25, 0.3) is 5.91 Å². The van der Waals surface area contributed by atoms with E-state index in [4.69, 9.17) is 9.15 Å². The van der Waals surface area contributed by atoms with E-state index in [-0.39, 0.29) is 18.3 Å². The molecule has 1 aliphatic heterocycles. The molecule has 1 aromatic carbocycles. The molecule has 1 N–H and O–H groups in total. The molecule has 0 saturated heterocycles. The van der Waals surface area contributed by atoms with Crippen LogP contribution >= 0.6 is 11.3 Å². The van der Waals surface area contributed by atoms with E-state index < -0.39 is 5.97 Å². The lowest BCUT2D eigenvalue weighted by atomic mass is 10.0. The number of anilines is 1. The maximum absolute atomic E-state index is 12.6. The molecule has 1 aliphatic rings. The van der Waals surface area contributed by atoms with E-state index in [1.165, 1.54) is 23.2 Å². The molecule has 150 valence electrons. The second-order valence-corrected chi connectivity index (χ2v) is 7.91. The maximum atomic E-state index is 12.6. The topological polar surface area (TPSA) is 71.8 Å². The lowest BCUT2D eigenvalue weighted by Gasteiger charge is -2.27. The summed E-state index contributed by atoms with van der Waals surface area (Å²) < 4.78 is 10.4. The second-order valence-electron chi connectivity index (χ2n) is 6.81. The zero-order valence-electron chi connectivity index (χ0n) is 16.1. The van der Waals surface area contributed by atoms with Crippen LogP contribution in [-0.2, 0) is 24.2 Å². The van der Waals surface area contributed by atoms with Gasteiger partial charge in [0.05, 0.1) is 18.4 Å². The molecule has 0 unspecified atom stereocenters. The first-order valence-electron chi connectivity index (χ1n) is 9.58. The first-order valence-corrected chi connectivity index (χ1v) is 10.4. The van der Waals surface area contributed by atoms with Crippen molar-refractivity contribution in [2.24, 2.45) is 0 Å². The summed E-state index contributed by atoms with van der Waals surface area (Å²) in [5.74, 6) is -0.562. The normalized spacial score (nSPS) is 13.7. The van der Waals surface area contributed by atoms with E-state index in [1.807, 2.05) is 18.2 Å². The number of esters is 1. The second kappa shape index (κ2) is 8.63. The van der Waals surface area contributed by atoms with Crippen molar-refractivity contribution >= 4 is 28.2 Å². The minimum absolute atomic E-state index is 0.205. The summed E-state index contributed by atoms with van der Waals surface area (Å²) in [5.41, 5.74) is 2.71. The highest BCUT2D eigenvalue weighted by Crippen LogP contribution is 2.38. The van der Waals surface area contributed by atoms with Crippen LogP contribution in [0, 0.1) is 0 Å². The quantitative estimate of drug-likeness (QED) is 0.613. The van der Waals surface area contributed by atoms with Gasteiger partial charge in [0, 0.05) is 24.5 Å². The monoisotopic (exact) mass is 410 g/mol. The number of amides is 1. The van der Waals surface area contributed by atoms with Gasteiger partial charge in [-0.25, -0.2) is 4.79 Å². The molecule has 1 amide bonds. The molecule has 3 heterocycles. The number of nitrogens with zero attached hydrogens (tertiary/aromatic N) is 1. The highest BCUT2D eigenvalue weighted by Gasteiger charge is 2.30.